The van der Waals surface area contributed by atoms with Crippen LogP contribution in [0.2, 0.25) is 0 Å². The van der Waals surface area contributed by atoms with Gasteiger partial charge in [0.15, 0.2) is 0 Å². The summed E-state index contributed by atoms with van der Waals surface area (Å²) >= 11 is 0. The minimum Gasteiger partial charge on any atom is -0.255 e. The van der Waals surface area contributed by atoms with E-state index in [-0.39, 0.29) is 19.5 Å². The van der Waals surface area contributed by atoms with E-state index in [1.54, 1.807) is 12.4 Å². The zero-order valence-electron chi connectivity index (χ0n) is 6.87. The molecule has 2 aromatic heterocycles. The largest absolute Gasteiger partial charge is 3.00 e. The Bertz CT molecular complexity index is 310. The molecule has 2 aromatic rings. The van der Waals surface area contributed by atoms with Gasteiger partial charge in [0.25, 0.3) is 0 Å². The SMILES string of the molecule is [Ru+3].c1ccc(-c2ccccn2)nc1. The molecule has 0 spiro atoms. The zero-order chi connectivity index (χ0) is 8.23. The van der Waals surface area contributed by atoms with Crippen molar-refractivity contribution in [1.29, 1.82) is 0 Å². The van der Waals surface area contributed by atoms with Crippen LogP contribution in [0.1, 0.15) is 0 Å². The summed E-state index contributed by atoms with van der Waals surface area (Å²) in [5, 5.41) is 0. The van der Waals surface area contributed by atoms with Gasteiger partial charge in [-0.25, -0.2) is 0 Å². The van der Waals surface area contributed by atoms with Gasteiger partial charge in [-0.3, -0.25) is 9.97 Å². The number of hydrogen-bond acceptors (Lipinski definition) is 2. The Morgan fingerprint density at radius 2 is 1.15 bits per heavy atom. The molecule has 2 rings (SSSR count). The minimum absolute atomic E-state index is 0. The molecule has 13 heavy (non-hydrogen) atoms. The van der Waals surface area contributed by atoms with E-state index in [0.29, 0.717) is 0 Å². The van der Waals surface area contributed by atoms with Gasteiger partial charge < -0.3 is 0 Å². The molecule has 2 nitrogen and oxygen atoms in total. The summed E-state index contributed by atoms with van der Waals surface area (Å²) < 4.78 is 0. The van der Waals surface area contributed by atoms with Gasteiger partial charge in [0.05, 0.1) is 11.4 Å². The van der Waals surface area contributed by atoms with Crippen molar-refractivity contribution in [3.63, 3.8) is 0 Å². The number of aromatic nitrogens is 2. The second kappa shape index (κ2) is 4.83. The van der Waals surface area contributed by atoms with Crippen LogP contribution in [-0.4, -0.2) is 9.97 Å². The van der Waals surface area contributed by atoms with E-state index in [4.69, 9.17) is 0 Å². The van der Waals surface area contributed by atoms with Gasteiger partial charge in [-0.1, -0.05) is 12.1 Å². The first-order valence-corrected chi connectivity index (χ1v) is 3.79. The van der Waals surface area contributed by atoms with Crippen molar-refractivity contribution >= 4 is 0 Å². The van der Waals surface area contributed by atoms with E-state index in [1.165, 1.54) is 0 Å². The van der Waals surface area contributed by atoms with E-state index in [0.717, 1.165) is 11.4 Å². The average Bonchev–Trinajstić information content (AvgIpc) is 2.21. The van der Waals surface area contributed by atoms with Crippen molar-refractivity contribution < 1.29 is 19.5 Å². The standard InChI is InChI=1S/C10H8N2.Ru/c1-3-7-11-9(5-1)10-6-2-4-8-12-10;/h1-8H;/q;+3. The average molecular weight is 257 g/mol. The van der Waals surface area contributed by atoms with Crippen molar-refractivity contribution in [3.05, 3.63) is 48.8 Å². The Balaban J connectivity index is 0.000000845. The van der Waals surface area contributed by atoms with Crippen LogP contribution >= 0.6 is 0 Å². The van der Waals surface area contributed by atoms with Crippen molar-refractivity contribution in [2.45, 2.75) is 0 Å². The van der Waals surface area contributed by atoms with Crippen LogP contribution in [0.3, 0.4) is 0 Å². The number of hydrogen-bond donors (Lipinski definition) is 0. The molecule has 3 heteroatoms. The molecular weight excluding hydrogens is 249 g/mol. The normalized spacial score (nSPS) is 8.92. The molecule has 0 aliphatic heterocycles. The minimum atomic E-state index is 0. The molecule has 63 valence electrons. The summed E-state index contributed by atoms with van der Waals surface area (Å²) in [7, 11) is 0. The number of nitrogens with zero attached hydrogens (tertiary/aromatic N) is 2. The Kier molecular flexibility index (Phi) is 3.72. The molecule has 0 unspecified atom stereocenters. The third kappa shape index (κ3) is 2.43. The topological polar surface area (TPSA) is 25.8 Å². The molecule has 0 N–H and O–H groups in total. The molecule has 0 saturated carbocycles. The van der Waals surface area contributed by atoms with Crippen LogP contribution in [0.5, 0.6) is 0 Å². The van der Waals surface area contributed by atoms with Gasteiger partial charge in [0.2, 0.25) is 0 Å². The monoisotopic (exact) mass is 258 g/mol. The smallest absolute Gasteiger partial charge is 0.255 e. The second-order valence-corrected chi connectivity index (χ2v) is 2.43. The maximum absolute atomic E-state index is 4.19. The van der Waals surface area contributed by atoms with Crippen molar-refractivity contribution in [2.24, 2.45) is 0 Å². The Labute approximate surface area is 89.8 Å². The maximum Gasteiger partial charge on any atom is 3.00 e. The summed E-state index contributed by atoms with van der Waals surface area (Å²) in [6.45, 7) is 0. The molecule has 0 atom stereocenters. The van der Waals surface area contributed by atoms with Crippen molar-refractivity contribution in [2.75, 3.05) is 0 Å². The molecule has 0 saturated heterocycles. The first kappa shape index (κ1) is 10.0. The van der Waals surface area contributed by atoms with E-state index < -0.39 is 0 Å². The zero-order valence-corrected chi connectivity index (χ0v) is 8.60. The van der Waals surface area contributed by atoms with Gasteiger partial charge in [0, 0.05) is 12.4 Å². The van der Waals surface area contributed by atoms with Crippen LogP contribution in [-0.2, 0) is 19.5 Å². The predicted molar refractivity (Wildman–Crippen MR) is 47.5 cm³/mol. The predicted octanol–water partition coefficient (Wildman–Crippen LogP) is 2.14. The van der Waals surface area contributed by atoms with Crippen LogP contribution in [0, 0.1) is 0 Å². The van der Waals surface area contributed by atoms with Crippen LogP contribution < -0.4 is 0 Å². The maximum atomic E-state index is 4.19. The number of rotatable bonds is 1. The molecule has 1 radical (unpaired) electrons. The second-order valence-electron chi connectivity index (χ2n) is 2.43. The fourth-order valence-electron chi connectivity index (χ4n) is 1.03. The molecule has 0 bridgehead atoms. The van der Waals surface area contributed by atoms with Crippen molar-refractivity contribution in [1.82, 2.24) is 9.97 Å². The van der Waals surface area contributed by atoms with E-state index in [1.807, 2.05) is 36.4 Å². The van der Waals surface area contributed by atoms with Crippen LogP contribution in [0.15, 0.2) is 48.8 Å². The summed E-state index contributed by atoms with van der Waals surface area (Å²) in [6.07, 6.45) is 3.54. The Morgan fingerprint density at radius 3 is 1.46 bits per heavy atom. The summed E-state index contributed by atoms with van der Waals surface area (Å²) in [5.74, 6) is 0. The summed E-state index contributed by atoms with van der Waals surface area (Å²) in [5.41, 5.74) is 1.83. The molecule has 0 aliphatic rings. The summed E-state index contributed by atoms with van der Waals surface area (Å²) in [6, 6.07) is 11.6. The van der Waals surface area contributed by atoms with E-state index in [9.17, 15) is 0 Å². The molecule has 2 heterocycles. The Morgan fingerprint density at radius 1 is 0.692 bits per heavy atom. The third-order valence-electron chi connectivity index (χ3n) is 1.59. The molecular formula is C10H8N2Ru+3. The molecule has 0 fully saturated rings. The molecule has 0 aliphatic carbocycles. The summed E-state index contributed by atoms with van der Waals surface area (Å²) in [4.78, 5) is 8.37. The van der Waals surface area contributed by atoms with Crippen molar-refractivity contribution in [3.8, 4) is 11.4 Å². The van der Waals surface area contributed by atoms with Gasteiger partial charge in [0.1, 0.15) is 0 Å². The fraction of sp³-hybridized carbons (Fsp3) is 0. The van der Waals surface area contributed by atoms with Gasteiger partial charge in [-0.05, 0) is 24.3 Å². The van der Waals surface area contributed by atoms with Crippen LogP contribution in [0.25, 0.3) is 11.4 Å². The van der Waals surface area contributed by atoms with Gasteiger partial charge in [-0.2, -0.15) is 0 Å². The van der Waals surface area contributed by atoms with E-state index in [2.05, 4.69) is 9.97 Å². The van der Waals surface area contributed by atoms with Crippen LogP contribution in [0.4, 0.5) is 0 Å². The van der Waals surface area contributed by atoms with Gasteiger partial charge in [-0.15, -0.1) is 0 Å². The first-order chi connectivity index (χ1) is 5.97. The first-order valence-electron chi connectivity index (χ1n) is 3.79. The quantitative estimate of drug-likeness (QED) is 0.731. The van der Waals surface area contributed by atoms with E-state index >= 15 is 0 Å². The third-order valence-corrected chi connectivity index (χ3v) is 1.59. The van der Waals surface area contributed by atoms with Gasteiger partial charge >= 0.3 is 19.5 Å². The molecule has 0 amide bonds. The number of pyridine rings is 2. The Hall–Kier alpha value is -1.08. The molecule has 0 aromatic carbocycles. The fourth-order valence-corrected chi connectivity index (χ4v) is 1.03.